The first-order valence-corrected chi connectivity index (χ1v) is 9.28. The molecule has 1 fully saturated rings. The van der Waals surface area contributed by atoms with Gasteiger partial charge in [-0.15, -0.1) is 11.3 Å². The van der Waals surface area contributed by atoms with Crippen LogP contribution in [0.4, 0.5) is 4.79 Å². The van der Waals surface area contributed by atoms with Gasteiger partial charge >= 0.3 is 6.03 Å². The summed E-state index contributed by atoms with van der Waals surface area (Å²) in [4.78, 5) is 19.0. The molecule has 6 heteroatoms. The monoisotopic (exact) mass is 344 g/mol. The Bertz CT molecular complexity index is 673. The Hall–Kier alpha value is -1.92. The number of hydrogen-bond acceptors (Lipinski definition) is 4. The summed E-state index contributed by atoms with van der Waals surface area (Å²) in [6.45, 7) is 3.54. The lowest BCUT2D eigenvalue weighted by Crippen LogP contribution is -2.44. The molecule has 0 unspecified atom stereocenters. The standard InChI is InChI=1S/C18H24N4OS/c1-3-16-20-14(12-24-16)11-19-18(23)21-15-9-10-22(2)17(15)13-7-5-4-6-8-13/h4-8,12,15,17H,3,9-11H2,1-2H3,(H2,19,21,23)/t15-,17+/m1/s1. The number of aryl methyl sites for hydroxylation is 1. The highest BCUT2D eigenvalue weighted by Crippen LogP contribution is 2.30. The van der Waals surface area contributed by atoms with Crippen LogP contribution in [0.5, 0.6) is 0 Å². The largest absolute Gasteiger partial charge is 0.333 e. The molecule has 24 heavy (non-hydrogen) atoms. The van der Waals surface area contributed by atoms with Crippen molar-refractivity contribution in [1.82, 2.24) is 20.5 Å². The van der Waals surface area contributed by atoms with Crippen molar-refractivity contribution in [2.24, 2.45) is 0 Å². The van der Waals surface area contributed by atoms with Crippen molar-refractivity contribution in [2.75, 3.05) is 13.6 Å². The summed E-state index contributed by atoms with van der Waals surface area (Å²) in [6, 6.07) is 10.6. The summed E-state index contributed by atoms with van der Waals surface area (Å²) in [7, 11) is 2.11. The molecule has 2 amide bonds. The van der Waals surface area contributed by atoms with E-state index in [9.17, 15) is 4.79 Å². The van der Waals surface area contributed by atoms with Gasteiger partial charge in [-0.1, -0.05) is 37.3 Å². The summed E-state index contributed by atoms with van der Waals surface area (Å²) in [6.07, 6.45) is 1.89. The number of nitrogens with zero attached hydrogens (tertiary/aromatic N) is 2. The molecular weight excluding hydrogens is 320 g/mol. The van der Waals surface area contributed by atoms with Gasteiger partial charge in [0.2, 0.25) is 0 Å². The molecule has 128 valence electrons. The summed E-state index contributed by atoms with van der Waals surface area (Å²) in [5.74, 6) is 0. The van der Waals surface area contributed by atoms with E-state index in [-0.39, 0.29) is 18.1 Å². The van der Waals surface area contributed by atoms with Crippen molar-refractivity contribution in [1.29, 1.82) is 0 Å². The van der Waals surface area contributed by atoms with E-state index >= 15 is 0 Å². The molecule has 2 heterocycles. The molecule has 0 aliphatic carbocycles. The zero-order valence-corrected chi connectivity index (χ0v) is 15.0. The van der Waals surface area contributed by atoms with Gasteiger partial charge in [0.05, 0.1) is 29.3 Å². The molecule has 0 bridgehead atoms. The number of carbonyl (C=O) groups is 1. The number of hydrogen-bond donors (Lipinski definition) is 2. The second-order valence-electron chi connectivity index (χ2n) is 6.14. The van der Waals surface area contributed by atoms with Crippen LogP contribution >= 0.6 is 11.3 Å². The van der Waals surface area contributed by atoms with E-state index in [0.717, 1.165) is 30.1 Å². The SMILES string of the molecule is CCc1nc(CNC(=O)N[C@@H]2CCN(C)[C@H]2c2ccccc2)cs1. The minimum Gasteiger partial charge on any atom is -0.333 e. The lowest BCUT2D eigenvalue weighted by molar-refractivity contribution is 0.229. The third-order valence-electron chi connectivity index (χ3n) is 4.44. The highest BCUT2D eigenvalue weighted by molar-refractivity contribution is 7.09. The maximum absolute atomic E-state index is 12.3. The van der Waals surface area contributed by atoms with E-state index in [1.165, 1.54) is 5.56 Å². The van der Waals surface area contributed by atoms with Gasteiger partial charge in [0, 0.05) is 11.9 Å². The molecule has 0 saturated carbocycles. The van der Waals surface area contributed by atoms with Gasteiger partial charge < -0.3 is 10.6 Å². The normalized spacial score (nSPS) is 20.9. The van der Waals surface area contributed by atoms with E-state index in [4.69, 9.17) is 0 Å². The lowest BCUT2D eigenvalue weighted by atomic mass is 10.0. The zero-order valence-electron chi connectivity index (χ0n) is 14.2. The topological polar surface area (TPSA) is 57.3 Å². The average Bonchev–Trinajstić information content (AvgIpc) is 3.20. The maximum atomic E-state index is 12.3. The van der Waals surface area contributed by atoms with Crippen LogP contribution in [0.15, 0.2) is 35.7 Å². The van der Waals surface area contributed by atoms with Gasteiger partial charge in [-0.25, -0.2) is 9.78 Å². The molecule has 0 spiro atoms. The predicted molar refractivity (Wildman–Crippen MR) is 97.1 cm³/mol. The Kier molecular flexibility index (Phi) is 5.48. The number of nitrogens with one attached hydrogen (secondary N) is 2. The second-order valence-corrected chi connectivity index (χ2v) is 7.09. The molecule has 1 saturated heterocycles. The van der Waals surface area contributed by atoms with Crippen LogP contribution in [-0.4, -0.2) is 35.5 Å². The Morgan fingerprint density at radius 2 is 2.17 bits per heavy atom. The van der Waals surface area contributed by atoms with Crippen LogP contribution in [0.1, 0.15) is 35.7 Å². The van der Waals surface area contributed by atoms with E-state index in [1.54, 1.807) is 11.3 Å². The molecule has 1 aromatic heterocycles. The quantitative estimate of drug-likeness (QED) is 0.877. The molecule has 3 rings (SSSR count). The van der Waals surface area contributed by atoms with Crippen molar-refractivity contribution in [3.63, 3.8) is 0 Å². The summed E-state index contributed by atoms with van der Waals surface area (Å²) >= 11 is 1.64. The molecule has 1 aliphatic heterocycles. The van der Waals surface area contributed by atoms with Crippen LogP contribution < -0.4 is 10.6 Å². The van der Waals surface area contributed by atoms with Crippen LogP contribution in [0.2, 0.25) is 0 Å². The molecular formula is C18H24N4OS. The number of thiazole rings is 1. The molecule has 5 nitrogen and oxygen atoms in total. The van der Waals surface area contributed by atoms with E-state index in [1.807, 2.05) is 23.6 Å². The fourth-order valence-corrected chi connectivity index (χ4v) is 3.96. The molecule has 1 aliphatic rings. The third-order valence-corrected chi connectivity index (χ3v) is 5.48. The number of rotatable bonds is 5. The van der Waals surface area contributed by atoms with Crippen molar-refractivity contribution in [3.05, 3.63) is 52.0 Å². The first-order chi connectivity index (χ1) is 11.7. The van der Waals surface area contributed by atoms with E-state index in [2.05, 4.69) is 46.6 Å². The van der Waals surface area contributed by atoms with Gasteiger partial charge in [-0.3, -0.25) is 4.90 Å². The van der Waals surface area contributed by atoms with Crippen molar-refractivity contribution < 1.29 is 4.79 Å². The molecule has 2 N–H and O–H groups in total. The number of likely N-dealkylation sites (N-methyl/N-ethyl adjacent to an activating group) is 1. The van der Waals surface area contributed by atoms with E-state index in [0.29, 0.717) is 6.54 Å². The van der Waals surface area contributed by atoms with E-state index < -0.39 is 0 Å². The fraction of sp³-hybridized carbons (Fsp3) is 0.444. The predicted octanol–water partition coefficient (Wildman–Crippen LogP) is 2.95. The molecule has 2 atom stereocenters. The van der Waals surface area contributed by atoms with Crippen molar-refractivity contribution >= 4 is 17.4 Å². The Morgan fingerprint density at radius 3 is 2.88 bits per heavy atom. The number of carbonyl (C=O) groups excluding carboxylic acids is 1. The molecule has 1 aromatic carbocycles. The van der Waals surface area contributed by atoms with Gasteiger partial charge in [-0.05, 0) is 25.5 Å². The number of urea groups is 1. The number of benzene rings is 1. The number of likely N-dealkylation sites (tertiary alicyclic amines) is 1. The molecule has 0 radical (unpaired) electrons. The van der Waals surface area contributed by atoms with Crippen LogP contribution in [-0.2, 0) is 13.0 Å². The minimum absolute atomic E-state index is 0.123. The fourth-order valence-electron chi connectivity index (χ4n) is 3.22. The summed E-state index contributed by atoms with van der Waals surface area (Å²) < 4.78 is 0. The van der Waals surface area contributed by atoms with Gasteiger partial charge in [-0.2, -0.15) is 0 Å². The van der Waals surface area contributed by atoms with Crippen molar-refractivity contribution in [3.8, 4) is 0 Å². The highest BCUT2D eigenvalue weighted by atomic mass is 32.1. The summed E-state index contributed by atoms with van der Waals surface area (Å²) in [5, 5.41) is 9.17. The van der Waals surface area contributed by atoms with Gasteiger partial charge in [0.25, 0.3) is 0 Å². The minimum atomic E-state index is -0.123. The first-order valence-electron chi connectivity index (χ1n) is 8.40. The zero-order chi connectivity index (χ0) is 16.9. The third kappa shape index (κ3) is 3.94. The maximum Gasteiger partial charge on any atom is 0.315 e. The van der Waals surface area contributed by atoms with Gasteiger partial charge in [0.15, 0.2) is 0 Å². The Labute approximate surface area is 147 Å². The van der Waals surface area contributed by atoms with Crippen LogP contribution in [0.25, 0.3) is 0 Å². The number of amides is 2. The average molecular weight is 344 g/mol. The van der Waals surface area contributed by atoms with Gasteiger partial charge in [0.1, 0.15) is 0 Å². The smallest absolute Gasteiger partial charge is 0.315 e. The van der Waals surface area contributed by atoms with Crippen LogP contribution in [0, 0.1) is 0 Å². The molecule has 2 aromatic rings. The Morgan fingerprint density at radius 1 is 1.38 bits per heavy atom. The number of aromatic nitrogens is 1. The summed E-state index contributed by atoms with van der Waals surface area (Å²) in [5.41, 5.74) is 2.17. The Balaban J connectivity index is 1.57. The first kappa shape index (κ1) is 16.9. The van der Waals surface area contributed by atoms with Crippen molar-refractivity contribution in [2.45, 2.75) is 38.4 Å². The lowest BCUT2D eigenvalue weighted by Gasteiger charge is -2.26. The second kappa shape index (κ2) is 7.77. The van der Waals surface area contributed by atoms with Crippen LogP contribution in [0.3, 0.4) is 0 Å². The highest BCUT2D eigenvalue weighted by Gasteiger charge is 2.33.